The molecule has 0 radical (unpaired) electrons. The smallest absolute Gasteiger partial charge is 0.130 e. The highest BCUT2D eigenvalue weighted by molar-refractivity contribution is 6.00. The van der Waals surface area contributed by atoms with E-state index < -0.39 is 0 Å². The lowest BCUT2D eigenvalue weighted by Crippen LogP contribution is -2.36. The molecule has 1 aliphatic heterocycles. The minimum Gasteiger partial charge on any atom is -0.397 e. The fourth-order valence-corrected chi connectivity index (χ4v) is 3.09. The predicted octanol–water partition coefficient (Wildman–Crippen LogP) is 1.63. The van der Waals surface area contributed by atoms with Crippen molar-refractivity contribution in [3.05, 3.63) is 41.7 Å². The number of hydrogen-bond donors (Lipinski definition) is 4. The highest BCUT2D eigenvalue weighted by Gasteiger charge is 2.18. The molecule has 0 aromatic carbocycles. The van der Waals surface area contributed by atoms with E-state index in [0.29, 0.717) is 30.1 Å². The fourth-order valence-electron chi connectivity index (χ4n) is 3.09. The molecule has 0 bridgehead atoms. The van der Waals surface area contributed by atoms with Gasteiger partial charge < -0.3 is 31.5 Å². The summed E-state index contributed by atoms with van der Waals surface area (Å²) in [5.74, 6) is 0.809. The number of aromatic nitrogens is 2. The summed E-state index contributed by atoms with van der Waals surface area (Å²) in [5.41, 5.74) is 9.43. The van der Waals surface area contributed by atoms with Crippen LogP contribution in [0.5, 0.6) is 0 Å². The Balaban J connectivity index is 2.29. The minimum absolute atomic E-state index is 0.384. The quantitative estimate of drug-likeness (QED) is 0.577. The average molecular weight is 365 g/mol. The zero-order valence-electron chi connectivity index (χ0n) is 15.2. The van der Waals surface area contributed by atoms with Crippen LogP contribution in [0.1, 0.15) is 11.3 Å². The molecule has 0 spiro atoms. The Labute approximate surface area is 157 Å². The molecule has 0 unspecified atom stereocenters. The van der Waals surface area contributed by atoms with Crippen molar-refractivity contribution in [3.8, 4) is 0 Å². The number of morpholine rings is 1. The molecule has 27 heavy (non-hydrogen) atoms. The second-order valence-electron chi connectivity index (χ2n) is 5.97. The Hall–Kier alpha value is -3.26. The molecule has 1 aliphatic rings. The maximum atomic E-state index is 7.46. The van der Waals surface area contributed by atoms with Crippen molar-refractivity contribution in [2.45, 2.75) is 0 Å². The molecule has 0 saturated carbocycles. The van der Waals surface area contributed by atoms with E-state index in [1.807, 2.05) is 19.2 Å². The van der Waals surface area contributed by atoms with Crippen LogP contribution in [0.25, 0.3) is 22.3 Å². The highest BCUT2D eigenvalue weighted by Crippen LogP contribution is 2.30. The van der Waals surface area contributed by atoms with Gasteiger partial charge in [-0.25, -0.2) is 4.98 Å². The maximum Gasteiger partial charge on any atom is 0.130 e. The van der Waals surface area contributed by atoms with Gasteiger partial charge in [0.15, 0.2) is 0 Å². The van der Waals surface area contributed by atoms with Crippen LogP contribution in [0.15, 0.2) is 30.5 Å². The number of nitrogens with zero attached hydrogens (tertiary/aromatic N) is 3. The summed E-state index contributed by atoms with van der Waals surface area (Å²) in [5, 5.41) is 18.8. The monoisotopic (exact) mass is 365 g/mol. The summed E-state index contributed by atoms with van der Waals surface area (Å²) < 4.78 is 5.45. The van der Waals surface area contributed by atoms with Crippen molar-refractivity contribution in [1.82, 2.24) is 15.3 Å². The van der Waals surface area contributed by atoms with Gasteiger partial charge in [-0.3, -0.25) is 4.98 Å². The lowest BCUT2D eigenvalue weighted by molar-refractivity contribution is 0.122. The number of pyridine rings is 2. The first-order chi connectivity index (χ1) is 13.2. The van der Waals surface area contributed by atoms with E-state index in [1.165, 1.54) is 12.3 Å². The molecule has 5 N–H and O–H groups in total. The Morgan fingerprint density at radius 1 is 1.26 bits per heavy atom. The van der Waals surface area contributed by atoms with Crippen molar-refractivity contribution in [2.24, 2.45) is 5.73 Å². The van der Waals surface area contributed by atoms with E-state index in [2.05, 4.69) is 15.2 Å². The molecule has 8 heteroatoms. The topological polar surface area (TPSA) is 124 Å². The summed E-state index contributed by atoms with van der Waals surface area (Å²) in [4.78, 5) is 11.4. The number of ether oxygens (including phenoxy) is 1. The van der Waals surface area contributed by atoms with Gasteiger partial charge in [0.05, 0.1) is 18.9 Å². The second kappa shape index (κ2) is 8.41. The molecule has 3 heterocycles. The van der Waals surface area contributed by atoms with Gasteiger partial charge in [0.2, 0.25) is 0 Å². The summed E-state index contributed by atoms with van der Waals surface area (Å²) in [6, 6.07) is 3.90. The number of allylic oxidation sites excluding steroid dienone is 2. The average Bonchev–Trinajstić information content (AvgIpc) is 2.71. The lowest BCUT2D eigenvalue weighted by atomic mass is 10.0. The first kappa shape index (κ1) is 18.5. The van der Waals surface area contributed by atoms with E-state index in [4.69, 9.17) is 26.3 Å². The molecule has 140 valence electrons. The molecule has 0 amide bonds. The Morgan fingerprint density at radius 2 is 2.00 bits per heavy atom. The van der Waals surface area contributed by atoms with Crippen LogP contribution < -0.4 is 16.0 Å². The van der Waals surface area contributed by atoms with Gasteiger partial charge in [-0.1, -0.05) is 0 Å². The second-order valence-corrected chi connectivity index (χ2v) is 5.97. The van der Waals surface area contributed by atoms with Crippen LogP contribution in [0, 0.1) is 10.8 Å². The fraction of sp³-hybridized carbons (Fsp3) is 0.263. The molecule has 0 aliphatic carbocycles. The molecule has 1 fully saturated rings. The summed E-state index contributed by atoms with van der Waals surface area (Å²) in [6.45, 7) is 2.81. The zero-order chi connectivity index (χ0) is 19.2. The van der Waals surface area contributed by atoms with E-state index >= 15 is 0 Å². The van der Waals surface area contributed by atoms with Crippen molar-refractivity contribution in [3.63, 3.8) is 0 Å². The maximum absolute atomic E-state index is 7.46. The Bertz CT molecular complexity index is 914. The van der Waals surface area contributed by atoms with Gasteiger partial charge in [-0.05, 0) is 24.3 Å². The molecular formula is C19H23N7O. The molecule has 3 rings (SSSR count). The highest BCUT2D eigenvalue weighted by atomic mass is 16.5. The van der Waals surface area contributed by atoms with E-state index in [0.717, 1.165) is 41.8 Å². The normalized spacial score (nSPS) is 15.7. The predicted molar refractivity (Wildman–Crippen MR) is 109 cm³/mol. The zero-order valence-corrected chi connectivity index (χ0v) is 15.2. The summed E-state index contributed by atoms with van der Waals surface area (Å²) >= 11 is 0. The number of rotatable bonds is 6. The number of anilines is 1. The van der Waals surface area contributed by atoms with Gasteiger partial charge >= 0.3 is 0 Å². The first-order valence-corrected chi connectivity index (χ1v) is 8.67. The summed E-state index contributed by atoms with van der Waals surface area (Å²) in [7, 11) is 1.82. The molecule has 2 aromatic rings. The standard InChI is InChI=1S/C19H23N7O/c1-23-16(3-6-21)14-12-17(26-8-10-27-11-9-26)25-18-13(14)4-7-24-19(18)15(22)2-5-20/h2-7,12,20-21,23H,8-11,22H2,1H3/b15-2-,16-3-,20-5?,21-6?. The lowest BCUT2D eigenvalue weighted by Gasteiger charge is -2.29. The third-order valence-corrected chi connectivity index (χ3v) is 4.40. The number of nitrogens with two attached hydrogens (primary N) is 1. The van der Waals surface area contributed by atoms with Crippen LogP contribution in [-0.2, 0) is 4.74 Å². The third-order valence-electron chi connectivity index (χ3n) is 4.40. The Morgan fingerprint density at radius 3 is 2.67 bits per heavy atom. The van der Waals surface area contributed by atoms with Gasteiger partial charge in [-0.15, -0.1) is 0 Å². The van der Waals surface area contributed by atoms with E-state index in [1.54, 1.807) is 12.3 Å². The molecule has 1 saturated heterocycles. The van der Waals surface area contributed by atoms with Crippen LogP contribution in [0.2, 0.25) is 0 Å². The van der Waals surface area contributed by atoms with Crippen LogP contribution in [0.4, 0.5) is 5.82 Å². The third kappa shape index (κ3) is 3.80. The van der Waals surface area contributed by atoms with Crippen LogP contribution in [0.3, 0.4) is 0 Å². The number of fused-ring (bicyclic) bond motifs is 1. The van der Waals surface area contributed by atoms with Gasteiger partial charge in [0.1, 0.15) is 17.0 Å². The van der Waals surface area contributed by atoms with E-state index in [9.17, 15) is 0 Å². The summed E-state index contributed by atoms with van der Waals surface area (Å²) in [6.07, 6.45) is 7.26. The number of hydrogen-bond acceptors (Lipinski definition) is 8. The first-order valence-electron chi connectivity index (χ1n) is 8.67. The van der Waals surface area contributed by atoms with Crippen LogP contribution >= 0.6 is 0 Å². The SMILES string of the molecule is CN/C(=C\C=N)c1cc(N2CCOCC2)nc2c(/C(N)=C/C=N)nccc12. The van der Waals surface area contributed by atoms with Gasteiger partial charge in [0, 0.05) is 55.4 Å². The van der Waals surface area contributed by atoms with Crippen LogP contribution in [-0.4, -0.2) is 55.7 Å². The van der Waals surface area contributed by atoms with Gasteiger partial charge in [-0.2, -0.15) is 0 Å². The molecule has 0 atom stereocenters. The number of nitrogens with one attached hydrogen (secondary N) is 3. The van der Waals surface area contributed by atoms with E-state index in [-0.39, 0.29) is 0 Å². The largest absolute Gasteiger partial charge is 0.397 e. The van der Waals surface area contributed by atoms with Crippen molar-refractivity contribution >= 4 is 40.5 Å². The molecule has 2 aromatic heterocycles. The van der Waals surface area contributed by atoms with Gasteiger partial charge in [0.25, 0.3) is 0 Å². The Kier molecular flexibility index (Phi) is 5.77. The van der Waals surface area contributed by atoms with Crippen molar-refractivity contribution in [1.29, 1.82) is 10.8 Å². The van der Waals surface area contributed by atoms with Crippen molar-refractivity contribution < 1.29 is 4.74 Å². The minimum atomic E-state index is 0.384. The molecule has 8 nitrogen and oxygen atoms in total. The van der Waals surface area contributed by atoms with Crippen molar-refractivity contribution in [2.75, 3.05) is 38.3 Å². The molecular weight excluding hydrogens is 342 g/mol.